The van der Waals surface area contributed by atoms with Crippen molar-refractivity contribution in [2.75, 3.05) is 25.5 Å². The van der Waals surface area contributed by atoms with Gasteiger partial charge in [0.1, 0.15) is 0 Å². The van der Waals surface area contributed by atoms with Gasteiger partial charge in [-0.3, -0.25) is 4.79 Å². The second-order valence-corrected chi connectivity index (χ2v) is 5.57. The molecule has 0 bridgehead atoms. The highest BCUT2D eigenvalue weighted by Gasteiger charge is 2.23. The van der Waals surface area contributed by atoms with Crippen LogP contribution in [0.2, 0.25) is 0 Å². The van der Waals surface area contributed by atoms with E-state index in [9.17, 15) is 4.79 Å². The Hall–Kier alpha value is -1.51. The summed E-state index contributed by atoms with van der Waals surface area (Å²) in [4.78, 5) is 16.2. The molecule has 0 fully saturated rings. The van der Waals surface area contributed by atoms with Crippen molar-refractivity contribution >= 4 is 11.6 Å². The molecule has 0 aromatic heterocycles. The van der Waals surface area contributed by atoms with Gasteiger partial charge in [0.2, 0.25) is 0 Å². The van der Waals surface area contributed by atoms with Crippen LogP contribution in [0.1, 0.15) is 38.1 Å². The first-order valence-electron chi connectivity index (χ1n) is 6.37. The quantitative estimate of drug-likeness (QED) is 0.821. The number of anilines is 1. The fourth-order valence-corrected chi connectivity index (χ4v) is 1.66. The highest BCUT2D eigenvalue weighted by atomic mass is 16.2. The Morgan fingerprint density at radius 1 is 1.17 bits per heavy atom. The maximum Gasteiger partial charge on any atom is 0.255 e. The van der Waals surface area contributed by atoms with Crippen molar-refractivity contribution in [3.8, 4) is 0 Å². The summed E-state index contributed by atoms with van der Waals surface area (Å²) in [6, 6.07) is 7.78. The lowest BCUT2D eigenvalue weighted by Gasteiger charge is -2.35. The van der Waals surface area contributed by atoms with Gasteiger partial charge in [-0.05, 0) is 39.8 Å². The number of benzene rings is 1. The van der Waals surface area contributed by atoms with Crippen LogP contribution in [-0.4, -0.2) is 37.0 Å². The third-order valence-corrected chi connectivity index (χ3v) is 3.32. The van der Waals surface area contributed by atoms with Crippen LogP contribution < -0.4 is 4.90 Å². The fourth-order valence-electron chi connectivity index (χ4n) is 1.66. The molecule has 0 unspecified atom stereocenters. The van der Waals surface area contributed by atoms with Crippen LogP contribution in [0.25, 0.3) is 0 Å². The van der Waals surface area contributed by atoms with E-state index in [0.717, 1.165) is 11.3 Å². The van der Waals surface area contributed by atoms with Crippen molar-refractivity contribution in [2.45, 2.75) is 33.2 Å². The molecule has 0 saturated carbocycles. The summed E-state index contributed by atoms with van der Waals surface area (Å²) in [7, 11) is 3.86. The van der Waals surface area contributed by atoms with E-state index in [1.54, 1.807) is 4.90 Å². The predicted molar refractivity (Wildman–Crippen MR) is 77.2 cm³/mol. The van der Waals surface area contributed by atoms with Crippen LogP contribution in [0.15, 0.2) is 24.3 Å². The molecule has 0 aliphatic rings. The average molecular weight is 248 g/mol. The molecule has 0 aliphatic carbocycles. The SMILES string of the molecule is CCN(C)C(=O)c1ccccc1N(C)C(C)(C)C. The van der Waals surface area contributed by atoms with E-state index in [1.807, 2.05) is 45.3 Å². The molecule has 1 amide bonds. The molecule has 0 N–H and O–H groups in total. The summed E-state index contributed by atoms with van der Waals surface area (Å²) in [5.41, 5.74) is 1.73. The van der Waals surface area contributed by atoms with Crippen LogP contribution in [0.4, 0.5) is 5.69 Å². The van der Waals surface area contributed by atoms with Crippen molar-refractivity contribution in [1.29, 1.82) is 0 Å². The number of carbonyl (C=O) groups is 1. The van der Waals surface area contributed by atoms with E-state index in [-0.39, 0.29) is 11.4 Å². The molecule has 1 rings (SSSR count). The maximum absolute atomic E-state index is 12.3. The van der Waals surface area contributed by atoms with E-state index in [1.165, 1.54) is 0 Å². The van der Waals surface area contributed by atoms with Crippen molar-refractivity contribution in [3.05, 3.63) is 29.8 Å². The number of amides is 1. The highest BCUT2D eigenvalue weighted by Crippen LogP contribution is 2.26. The zero-order chi connectivity index (χ0) is 13.9. The van der Waals surface area contributed by atoms with Gasteiger partial charge >= 0.3 is 0 Å². The second-order valence-electron chi connectivity index (χ2n) is 5.57. The molecule has 18 heavy (non-hydrogen) atoms. The largest absolute Gasteiger partial charge is 0.369 e. The second kappa shape index (κ2) is 5.42. The van der Waals surface area contributed by atoms with Crippen LogP contribution in [0.5, 0.6) is 0 Å². The molecule has 100 valence electrons. The first kappa shape index (κ1) is 14.6. The molecule has 3 nitrogen and oxygen atoms in total. The van der Waals surface area contributed by atoms with Gasteiger partial charge in [0, 0.05) is 31.9 Å². The lowest BCUT2D eigenvalue weighted by Crippen LogP contribution is -2.39. The molecular formula is C15H24N2O. The Bertz CT molecular complexity index is 421. The van der Waals surface area contributed by atoms with Crippen LogP contribution in [0.3, 0.4) is 0 Å². The summed E-state index contributed by atoms with van der Waals surface area (Å²) in [5, 5.41) is 0. The number of nitrogens with zero attached hydrogens (tertiary/aromatic N) is 2. The van der Waals surface area contributed by atoms with Crippen molar-refractivity contribution in [2.24, 2.45) is 0 Å². The molecule has 0 atom stereocenters. The first-order valence-corrected chi connectivity index (χ1v) is 6.37. The number of hydrogen-bond donors (Lipinski definition) is 0. The van der Waals surface area contributed by atoms with Gasteiger partial charge in [-0.25, -0.2) is 0 Å². The predicted octanol–water partition coefficient (Wildman–Crippen LogP) is 3.01. The van der Waals surface area contributed by atoms with E-state index in [2.05, 4.69) is 25.7 Å². The van der Waals surface area contributed by atoms with Crippen LogP contribution in [0, 0.1) is 0 Å². The molecule has 0 heterocycles. The summed E-state index contributed by atoms with van der Waals surface area (Å²) < 4.78 is 0. The monoisotopic (exact) mass is 248 g/mol. The van der Waals surface area contributed by atoms with Crippen molar-refractivity contribution in [1.82, 2.24) is 4.90 Å². The summed E-state index contributed by atoms with van der Waals surface area (Å²) in [6.45, 7) is 9.10. The molecule has 0 aliphatic heterocycles. The lowest BCUT2D eigenvalue weighted by atomic mass is 10.0. The normalized spacial score (nSPS) is 11.2. The lowest BCUT2D eigenvalue weighted by molar-refractivity contribution is 0.0803. The van der Waals surface area contributed by atoms with Crippen LogP contribution in [-0.2, 0) is 0 Å². The van der Waals surface area contributed by atoms with E-state index in [4.69, 9.17) is 0 Å². The Labute approximate surface area is 110 Å². The number of hydrogen-bond acceptors (Lipinski definition) is 2. The van der Waals surface area contributed by atoms with Crippen molar-refractivity contribution in [3.63, 3.8) is 0 Å². The molecule has 0 spiro atoms. The van der Waals surface area contributed by atoms with Crippen LogP contribution >= 0.6 is 0 Å². The topological polar surface area (TPSA) is 23.6 Å². The third kappa shape index (κ3) is 3.03. The fraction of sp³-hybridized carbons (Fsp3) is 0.533. The van der Waals surface area contributed by atoms with Gasteiger partial charge in [0.15, 0.2) is 0 Å². The van der Waals surface area contributed by atoms with E-state index >= 15 is 0 Å². The molecule has 0 radical (unpaired) electrons. The number of carbonyl (C=O) groups excluding carboxylic acids is 1. The Kier molecular flexibility index (Phi) is 4.38. The smallest absolute Gasteiger partial charge is 0.255 e. The highest BCUT2D eigenvalue weighted by molar-refractivity contribution is 5.99. The summed E-state index contributed by atoms with van der Waals surface area (Å²) >= 11 is 0. The molecular weight excluding hydrogens is 224 g/mol. The zero-order valence-corrected chi connectivity index (χ0v) is 12.3. The number of para-hydroxylation sites is 1. The minimum Gasteiger partial charge on any atom is -0.369 e. The zero-order valence-electron chi connectivity index (χ0n) is 12.3. The summed E-state index contributed by atoms with van der Waals surface area (Å²) in [6.07, 6.45) is 0. The van der Waals surface area contributed by atoms with E-state index < -0.39 is 0 Å². The Morgan fingerprint density at radius 2 is 1.72 bits per heavy atom. The van der Waals surface area contributed by atoms with Crippen molar-refractivity contribution < 1.29 is 4.79 Å². The average Bonchev–Trinajstić information content (AvgIpc) is 2.35. The third-order valence-electron chi connectivity index (χ3n) is 3.32. The Morgan fingerprint density at radius 3 is 2.22 bits per heavy atom. The van der Waals surface area contributed by atoms with Gasteiger partial charge < -0.3 is 9.80 Å². The van der Waals surface area contributed by atoms with Gasteiger partial charge in [0.25, 0.3) is 5.91 Å². The van der Waals surface area contributed by atoms with Gasteiger partial charge in [0.05, 0.1) is 5.56 Å². The molecule has 3 heteroatoms. The minimum atomic E-state index is -0.0127. The van der Waals surface area contributed by atoms with E-state index in [0.29, 0.717) is 6.54 Å². The molecule has 0 saturated heterocycles. The Balaban J connectivity index is 3.19. The molecule has 1 aromatic carbocycles. The number of rotatable bonds is 3. The first-order chi connectivity index (χ1) is 8.29. The standard InChI is InChI=1S/C15H24N2O/c1-7-16(5)14(18)12-10-8-9-11-13(12)17(6)15(2,3)4/h8-11H,7H2,1-6H3. The summed E-state index contributed by atoms with van der Waals surface area (Å²) in [5.74, 6) is 0.0733. The molecule has 1 aromatic rings. The van der Waals surface area contributed by atoms with Gasteiger partial charge in [-0.2, -0.15) is 0 Å². The van der Waals surface area contributed by atoms with Gasteiger partial charge in [-0.1, -0.05) is 12.1 Å². The maximum atomic E-state index is 12.3. The minimum absolute atomic E-state index is 0.0127. The van der Waals surface area contributed by atoms with Gasteiger partial charge in [-0.15, -0.1) is 0 Å².